The van der Waals surface area contributed by atoms with Gasteiger partial charge in [0.15, 0.2) is 0 Å². The van der Waals surface area contributed by atoms with Gasteiger partial charge in [-0.15, -0.1) is 0 Å². The van der Waals surface area contributed by atoms with E-state index in [9.17, 15) is 0 Å². The third-order valence-corrected chi connectivity index (χ3v) is 1.02. The Hall–Kier alpha value is -0.380. The average Bonchev–Trinajstić information content (AvgIpc) is 1.97. The van der Waals surface area contributed by atoms with Crippen LogP contribution in [0.15, 0.2) is 12.2 Å². The summed E-state index contributed by atoms with van der Waals surface area (Å²) in [5.41, 5.74) is 2.02. The highest BCUT2D eigenvalue weighted by molar-refractivity contribution is 4.75. The molecule has 0 aliphatic heterocycles. The van der Waals surface area contributed by atoms with Gasteiger partial charge < -0.3 is 9.94 Å². The molecular weight excluding hydrogens is 130 g/mol. The molecule has 0 spiro atoms. The molecular formula is C7H15NO2. The molecule has 0 saturated carbocycles. The molecule has 3 nitrogen and oxygen atoms in total. The number of rotatable bonds is 6. The number of nitrogens with one attached hydrogen (secondary N) is 1. The van der Waals surface area contributed by atoms with Crippen LogP contribution in [0.5, 0.6) is 0 Å². The first-order valence-corrected chi connectivity index (χ1v) is 3.47. The van der Waals surface area contributed by atoms with Crippen molar-refractivity contribution >= 4 is 0 Å². The van der Waals surface area contributed by atoms with Gasteiger partial charge in [0.05, 0.1) is 13.2 Å². The third-order valence-electron chi connectivity index (χ3n) is 1.02. The molecule has 0 radical (unpaired) electrons. The molecule has 2 N–H and O–H groups in total. The highest BCUT2D eigenvalue weighted by atomic mass is 16.5. The molecule has 0 aliphatic carbocycles. The topological polar surface area (TPSA) is 41.5 Å². The fourth-order valence-electron chi connectivity index (χ4n) is 0.538. The van der Waals surface area contributed by atoms with E-state index in [2.05, 4.69) is 0 Å². The monoisotopic (exact) mass is 145 g/mol. The van der Waals surface area contributed by atoms with E-state index in [1.807, 2.05) is 24.6 Å². The van der Waals surface area contributed by atoms with Crippen LogP contribution in [0.4, 0.5) is 0 Å². The van der Waals surface area contributed by atoms with Crippen LogP contribution < -0.4 is 5.48 Å². The average molecular weight is 145 g/mol. The van der Waals surface area contributed by atoms with E-state index >= 15 is 0 Å². The van der Waals surface area contributed by atoms with Crippen molar-refractivity contribution in [1.29, 1.82) is 0 Å². The zero-order valence-electron chi connectivity index (χ0n) is 6.34. The van der Waals surface area contributed by atoms with E-state index in [0.29, 0.717) is 13.2 Å². The Kier molecular flexibility index (Phi) is 8.29. The first kappa shape index (κ1) is 9.62. The largest absolute Gasteiger partial charge is 0.380 e. The molecule has 0 aromatic heterocycles. The maximum absolute atomic E-state index is 8.12. The molecule has 0 heterocycles. The lowest BCUT2D eigenvalue weighted by molar-refractivity contribution is 0.0928. The van der Waals surface area contributed by atoms with Gasteiger partial charge in [0.2, 0.25) is 0 Å². The molecule has 0 aromatic carbocycles. The first-order chi connectivity index (χ1) is 4.91. The van der Waals surface area contributed by atoms with E-state index in [1.54, 1.807) is 0 Å². The Balaban J connectivity index is 2.77. The summed E-state index contributed by atoms with van der Waals surface area (Å²) in [6.07, 6.45) is 4.99. The van der Waals surface area contributed by atoms with Crippen LogP contribution in [0.3, 0.4) is 0 Å². The molecule has 60 valence electrons. The van der Waals surface area contributed by atoms with Crippen molar-refractivity contribution in [1.82, 2.24) is 5.48 Å². The predicted octanol–water partition coefficient (Wildman–Crippen LogP) is 0.948. The van der Waals surface area contributed by atoms with E-state index in [1.165, 1.54) is 0 Å². The fourth-order valence-corrected chi connectivity index (χ4v) is 0.538. The normalized spacial score (nSPS) is 11.0. The molecule has 0 bridgehead atoms. The van der Waals surface area contributed by atoms with Crippen molar-refractivity contribution in [3.8, 4) is 0 Å². The second-order valence-corrected chi connectivity index (χ2v) is 1.88. The minimum absolute atomic E-state index is 0.496. The number of hydrogen-bond donors (Lipinski definition) is 2. The summed E-state index contributed by atoms with van der Waals surface area (Å²) in [5, 5.41) is 8.12. The predicted molar refractivity (Wildman–Crippen MR) is 40.0 cm³/mol. The fraction of sp³-hybridized carbons (Fsp3) is 0.714. The second kappa shape index (κ2) is 8.62. The van der Waals surface area contributed by atoms with Gasteiger partial charge in [-0.1, -0.05) is 12.2 Å². The molecule has 0 saturated heterocycles. The van der Waals surface area contributed by atoms with Crippen LogP contribution in [0.25, 0.3) is 0 Å². The molecule has 3 heteroatoms. The number of hydrogen-bond acceptors (Lipinski definition) is 3. The van der Waals surface area contributed by atoms with Crippen LogP contribution in [-0.2, 0) is 4.74 Å². The number of ether oxygens (including phenoxy) is 1. The van der Waals surface area contributed by atoms with Gasteiger partial charge in [0, 0.05) is 6.54 Å². The molecule has 0 fully saturated rings. The maximum Gasteiger partial charge on any atom is 0.0614 e. The van der Waals surface area contributed by atoms with Crippen LogP contribution >= 0.6 is 0 Å². The van der Waals surface area contributed by atoms with E-state index < -0.39 is 0 Å². The summed E-state index contributed by atoms with van der Waals surface area (Å²) in [6, 6.07) is 0. The van der Waals surface area contributed by atoms with Crippen LogP contribution in [-0.4, -0.2) is 25.0 Å². The Bertz CT molecular complexity index is 83.7. The van der Waals surface area contributed by atoms with Crippen molar-refractivity contribution in [3.05, 3.63) is 12.2 Å². The van der Waals surface area contributed by atoms with Crippen molar-refractivity contribution in [2.45, 2.75) is 13.3 Å². The van der Waals surface area contributed by atoms with Crippen molar-refractivity contribution < 1.29 is 9.94 Å². The lowest BCUT2D eigenvalue weighted by Gasteiger charge is -1.99. The number of allylic oxidation sites excluding steroid dienone is 1. The van der Waals surface area contributed by atoms with Crippen LogP contribution in [0.2, 0.25) is 0 Å². The SMILES string of the molecule is CC=CCCOCCNO. The van der Waals surface area contributed by atoms with E-state index in [-0.39, 0.29) is 0 Å². The zero-order valence-corrected chi connectivity index (χ0v) is 6.34. The second-order valence-electron chi connectivity index (χ2n) is 1.88. The molecule has 0 aromatic rings. The summed E-state index contributed by atoms with van der Waals surface area (Å²) < 4.78 is 5.10. The summed E-state index contributed by atoms with van der Waals surface area (Å²) in [6.45, 7) is 3.77. The van der Waals surface area contributed by atoms with Gasteiger partial charge in [-0.3, -0.25) is 0 Å². The van der Waals surface area contributed by atoms with Gasteiger partial charge in [0.25, 0.3) is 0 Å². The van der Waals surface area contributed by atoms with Crippen LogP contribution in [0, 0.1) is 0 Å². The van der Waals surface area contributed by atoms with Gasteiger partial charge in [-0.2, -0.15) is 0 Å². The van der Waals surface area contributed by atoms with Gasteiger partial charge in [-0.25, -0.2) is 5.48 Å². The minimum Gasteiger partial charge on any atom is -0.380 e. The van der Waals surface area contributed by atoms with Crippen LogP contribution in [0.1, 0.15) is 13.3 Å². The molecule has 0 unspecified atom stereocenters. The zero-order chi connectivity index (χ0) is 7.66. The number of hydroxylamine groups is 1. The standard InChI is InChI=1S/C7H15NO2/c1-2-3-4-6-10-7-5-8-9/h2-3,8-9H,4-7H2,1H3. The summed E-state index contributed by atoms with van der Waals surface area (Å²) in [4.78, 5) is 0. The highest BCUT2D eigenvalue weighted by Crippen LogP contribution is 1.83. The summed E-state index contributed by atoms with van der Waals surface area (Å²) in [5.74, 6) is 0. The van der Waals surface area contributed by atoms with Gasteiger partial charge >= 0.3 is 0 Å². The van der Waals surface area contributed by atoms with Gasteiger partial charge in [0.1, 0.15) is 0 Å². The summed E-state index contributed by atoms with van der Waals surface area (Å²) >= 11 is 0. The molecule has 0 aliphatic rings. The van der Waals surface area contributed by atoms with E-state index in [4.69, 9.17) is 9.94 Å². The lowest BCUT2D eigenvalue weighted by Crippen LogP contribution is -2.15. The van der Waals surface area contributed by atoms with Crippen molar-refractivity contribution in [2.75, 3.05) is 19.8 Å². The lowest BCUT2D eigenvalue weighted by atomic mass is 10.4. The summed E-state index contributed by atoms with van der Waals surface area (Å²) in [7, 11) is 0. The maximum atomic E-state index is 8.12. The van der Waals surface area contributed by atoms with Crippen molar-refractivity contribution in [2.24, 2.45) is 0 Å². The molecule has 0 rings (SSSR count). The Morgan fingerprint density at radius 3 is 2.90 bits per heavy atom. The third kappa shape index (κ3) is 7.62. The van der Waals surface area contributed by atoms with Gasteiger partial charge in [-0.05, 0) is 13.3 Å². The Morgan fingerprint density at radius 2 is 2.30 bits per heavy atom. The first-order valence-electron chi connectivity index (χ1n) is 3.47. The van der Waals surface area contributed by atoms with Crippen molar-refractivity contribution in [3.63, 3.8) is 0 Å². The molecule has 10 heavy (non-hydrogen) atoms. The molecule has 0 atom stereocenters. The smallest absolute Gasteiger partial charge is 0.0614 e. The van der Waals surface area contributed by atoms with E-state index in [0.717, 1.165) is 13.0 Å². The molecule has 0 amide bonds. The Morgan fingerprint density at radius 1 is 1.50 bits per heavy atom. The Labute approximate surface area is 61.7 Å². The highest BCUT2D eigenvalue weighted by Gasteiger charge is 1.83. The minimum atomic E-state index is 0.496. The quantitative estimate of drug-likeness (QED) is 0.332.